The molecule has 0 aliphatic carbocycles. The smallest absolute Gasteiger partial charge is 0.252 e. The van der Waals surface area contributed by atoms with E-state index in [1.165, 1.54) is 6.07 Å². The summed E-state index contributed by atoms with van der Waals surface area (Å²) in [7, 11) is 1.60. The highest BCUT2D eigenvalue weighted by Crippen LogP contribution is 2.21. The zero-order chi connectivity index (χ0) is 19.4. The number of nitrogens with one attached hydrogen (secondary N) is 2. The third-order valence-electron chi connectivity index (χ3n) is 4.21. The molecule has 0 fully saturated rings. The Labute approximate surface area is 157 Å². The van der Waals surface area contributed by atoms with Crippen molar-refractivity contribution in [1.82, 2.24) is 9.97 Å². The van der Waals surface area contributed by atoms with Crippen LogP contribution in [0.4, 0.5) is 11.6 Å². The molecule has 0 radical (unpaired) electrons. The van der Waals surface area contributed by atoms with Crippen LogP contribution in [0.15, 0.2) is 58.3 Å². The topological polar surface area (TPSA) is 105 Å². The highest BCUT2D eigenvalue weighted by Gasteiger charge is 2.06. The van der Waals surface area contributed by atoms with Gasteiger partial charge in [0.2, 0.25) is 11.9 Å². The lowest BCUT2D eigenvalue weighted by atomic mass is 10.1. The predicted octanol–water partition coefficient (Wildman–Crippen LogP) is 3.12. The van der Waals surface area contributed by atoms with E-state index in [4.69, 9.17) is 10.5 Å². The van der Waals surface area contributed by atoms with Gasteiger partial charge in [-0.15, -0.1) is 0 Å². The zero-order valence-corrected chi connectivity index (χ0v) is 15.4. The number of aliphatic imine (C=N–C) groups is 1. The summed E-state index contributed by atoms with van der Waals surface area (Å²) in [5, 5.41) is 3.04. The maximum atomic E-state index is 12.0. The summed E-state index contributed by atoms with van der Waals surface area (Å²) in [6, 6.07) is 14.5. The van der Waals surface area contributed by atoms with Crippen LogP contribution in [0, 0.1) is 13.8 Å². The van der Waals surface area contributed by atoms with Gasteiger partial charge in [0.25, 0.3) is 5.56 Å². The first-order valence-electron chi connectivity index (χ1n) is 8.39. The van der Waals surface area contributed by atoms with E-state index in [1.54, 1.807) is 19.2 Å². The van der Waals surface area contributed by atoms with Gasteiger partial charge in [0, 0.05) is 17.3 Å². The Morgan fingerprint density at radius 2 is 1.93 bits per heavy atom. The molecule has 0 spiro atoms. The van der Waals surface area contributed by atoms with Gasteiger partial charge >= 0.3 is 0 Å². The molecule has 7 nitrogen and oxygen atoms in total. The Balaban J connectivity index is 1.90. The summed E-state index contributed by atoms with van der Waals surface area (Å²) < 4.78 is 5.14. The van der Waals surface area contributed by atoms with E-state index < -0.39 is 0 Å². The number of rotatable bonds is 4. The number of anilines is 1. The molecule has 7 heteroatoms. The zero-order valence-electron chi connectivity index (χ0n) is 15.4. The molecule has 0 bridgehead atoms. The second-order valence-corrected chi connectivity index (χ2v) is 6.05. The number of aromatic amines is 1. The molecule has 4 N–H and O–H groups in total. The van der Waals surface area contributed by atoms with Crippen molar-refractivity contribution in [3.8, 4) is 17.0 Å². The molecule has 27 heavy (non-hydrogen) atoms. The molecule has 0 saturated carbocycles. The molecule has 138 valence electrons. The lowest BCUT2D eigenvalue weighted by Gasteiger charge is -2.10. The van der Waals surface area contributed by atoms with Crippen molar-refractivity contribution < 1.29 is 4.74 Å². The normalized spacial score (nSPS) is 11.3. The number of methoxy groups -OCH3 is 1. The monoisotopic (exact) mass is 363 g/mol. The van der Waals surface area contributed by atoms with Gasteiger partial charge in [0.15, 0.2) is 0 Å². The summed E-state index contributed by atoms with van der Waals surface area (Å²) in [5.74, 6) is 0.992. The number of nitrogens with two attached hydrogens (primary N) is 1. The molecule has 0 amide bonds. The number of H-pyrrole nitrogens is 1. The van der Waals surface area contributed by atoms with Crippen molar-refractivity contribution in [2.45, 2.75) is 13.8 Å². The van der Waals surface area contributed by atoms with Crippen LogP contribution in [0.1, 0.15) is 11.1 Å². The third-order valence-corrected chi connectivity index (χ3v) is 4.21. The van der Waals surface area contributed by atoms with Crippen LogP contribution >= 0.6 is 0 Å². The van der Waals surface area contributed by atoms with Crippen molar-refractivity contribution in [1.29, 1.82) is 0 Å². The van der Waals surface area contributed by atoms with Crippen LogP contribution < -0.4 is 21.3 Å². The van der Waals surface area contributed by atoms with Crippen LogP contribution in [0.5, 0.6) is 5.75 Å². The van der Waals surface area contributed by atoms with E-state index in [1.807, 2.05) is 44.2 Å². The maximum absolute atomic E-state index is 12.0. The van der Waals surface area contributed by atoms with Gasteiger partial charge in [0.05, 0.1) is 12.8 Å². The number of hydrogen-bond acceptors (Lipinski definition) is 4. The molecule has 0 saturated heterocycles. The number of hydrogen-bond donors (Lipinski definition) is 3. The second-order valence-electron chi connectivity index (χ2n) is 6.05. The molecule has 3 rings (SSSR count). The Morgan fingerprint density at radius 3 is 2.63 bits per heavy atom. The number of guanidine groups is 1. The van der Waals surface area contributed by atoms with Gasteiger partial charge in [-0.25, -0.2) is 4.98 Å². The lowest BCUT2D eigenvalue weighted by Crippen LogP contribution is -2.23. The third kappa shape index (κ3) is 4.33. The number of benzene rings is 2. The Bertz CT molecular complexity index is 1040. The first kappa shape index (κ1) is 18.2. The number of ether oxygens (including phenoxy) is 1. The van der Waals surface area contributed by atoms with Gasteiger partial charge < -0.3 is 15.8 Å². The molecule has 2 aromatic carbocycles. The van der Waals surface area contributed by atoms with Crippen molar-refractivity contribution in [3.63, 3.8) is 0 Å². The average Bonchev–Trinajstić information content (AvgIpc) is 2.65. The first-order chi connectivity index (χ1) is 13.0. The molecule has 0 aliphatic heterocycles. The van der Waals surface area contributed by atoms with Crippen LogP contribution in [-0.4, -0.2) is 23.0 Å². The van der Waals surface area contributed by atoms with Crippen molar-refractivity contribution >= 4 is 17.6 Å². The van der Waals surface area contributed by atoms with Crippen molar-refractivity contribution in [2.24, 2.45) is 10.7 Å². The van der Waals surface area contributed by atoms with E-state index in [0.29, 0.717) is 5.69 Å². The Hall–Kier alpha value is -3.61. The highest BCUT2D eigenvalue weighted by molar-refractivity contribution is 5.94. The van der Waals surface area contributed by atoms with E-state index >= 15 is 0 Å². The summed E-state index contributed by atoms with van der Waals surface area (Å²) in [5.41, 5.74) is 10.0. The van der Waals surface area contributed by atoms with E-state index in [2.05, 4.69) is 20.3 Å². The molecule has 0 unspecified atom stereocenters. The summed E-state index contributed by atoms with van der Waals surface area (Å²) in [6.45, 7) is 4.01. The molecule has 0 aliphatic rings. The summed E-state index contributed by atoms with van der Waals surface area (Å²) in [4.78, 5) is 23.2. The number of aryl methyl sites for hydroxylation is 1. The van der Waals surface area contributed by atoms with Gasteiger partial charge in [-0.05, 0) is 55.3 Å². The largest absolute Gasteiger partial charge is 0.497 e. The standard InChI is InChI=1S/C20H21N5O2/c1-12-5-4-6-16(13(12)2)22-19(21)25-20-23-17(11-18(26)24-20)14-7-9-15(27-3)10-8-14/h4-11H,1-3H3,(H4,21,22,23,24,25,26). The maximum Gasteiger partial charge on any atom is 0.252 e. The van der Waals surface area contributed by atoms with Crippen LogP contribution in [0.3, 0.4) is 0 Å². The lowest BCUT2D eigenvalue weighted by molar-refractivity contribution is 0.415. The minimum Gasteiger partial charge on any atom is -0.497 e. The predicted molar refractivity (Wildman–Crippen MR) is 108 cm³/mol. The van der Waals surface area contributed by atoms with E-state index in [-0.39, 0.29) is 17.5 Å². The first-order valence-corrected chi connectivity index (χ1v) is 8.39. The molecule has 1 aromatic heterocycles. The van der Waals surface area contributed by atoms with Gasteiger partial charge in [-0.3, -0.25) is 9.78 Å². The Kier molecular flexibility index (Phi) is 5.21. The van der Waals surface area contributed by atoms with Crippen LogP contribution in [0.2, 0.25) is 0 Å². The van der Waals surface area contributed by atoms with Crippen molar-refractivity contribution in [3.05, 3.63) is 70.0 Å². The highest BCUT2D eigenvalue weighted by atomic mass is 16.5. The minimum atomic E-state index is -0.311. The van der Waals surface area contributed by atoms with E-state index in [0.717, 1.165) is 28.1 Å². The van der Waals surface area contributed by atoms with E-state index in [9.17, 15) is 4.79 Å². The number of aromatic nitrogens is 2. The van der Waals surface area contributed by atoms with Crippen molar-refractivity contribution in [2.75, 3.05) is 12.4 Å². The summed E-state index contributed by atoms with van der Waals surface area (Å²) in [6.07, 6.45) is 0. The number of nitrogens with zero attached hydrogens (tertiary/aromatic N) is 2. The van der Waals surface area contributed by atoms with Gasteiger partial charge in [-0.2, -0.15) is 4.99 Å². The Morgan fingerprint density at radius 1 is 1.19 bits per heavy atom. The fourth-order valence-corrected chi connectivity index (χ4v) is 2.57. The molecule has 3 aromatic rings. The average molecular weight is 363 g/mol. The fraction of sp³-hybridized carbons (Fsp3) is 0.150. The quantitative estimate of drug-likeness (QED) is 0.488. The SMILES string of the molecule is COc1ccc(-c2cc(=O)[nH]c(/N=C(\N)Nc3cccc(C)c3C)n2)cc1. The van der Waals surface area contributed by atoms with Crippen LogP contribution in [-0.2, 0) is 0 Å². The molecule has 1 heterocycles. The summed E-state index contributed by atoms with van der Waals surface area (Å²) >= 11 is 0. The second kappa shape index (κ2) is 7.74. The molecular formula is C20H21N5O2. The molecule has 0 atom stereocenters. The fourth-order valence-electron chi connectivity index (χ4n) is 2.57. The minimum absolute atomic E-state index is 0.128. The van der Waals surface area contributed by atoms with Gasteiger partial charge in [-0.1, -0.05) is 12.1 Å². The van der Waals surface area contributed by atoms with Gasteiger partial charge in [0.1, 0.15) is 5.75 Å². The van der Waals surface area contributed by atoms with Crippen LogP contribution in [0.25, 0.3) is 11.3 Å². The molecular weight excluding hydrogens is 342 g/mol.